The zero-order chi connectivity index (χ0) is 21.0. The number of nitrogen functional groups attached to an aromatic ring is 1. The van der Waals surface area contributed by atoms with Crippen molar-refractivity contribution in [3.8, 4) is 23.3 Å². The Morgan fingerprint density at radius 2 is 1.83 bits per heavy atom. The van der Waals surface area contributed by atoms with Crippen LogP contribution in [0.15, 0.2) is 42.5 Å². The van der Waals surface area contributed by atoms with Gasteiger partial charge in [-0.1, -0.05) is 0 Å². The molecule has 0 spiro atoms. The summed E-state index contributed by atoms with van der Waals surface area (Å²) in [5.74, 6) is 0.415. The molecule has 0 atom stereocenters. The minimum absolute atomic E-state index is 0.0742. The van der Waals surface area contributed by atoms with Crippen molar-refractivity contribution in [2.75, 3.05) is 11.1 Å². The van der Waals surface area contributed by atoms with Gasteiger partial charge in [-0.25, -0.2) is 0 Å². The fraction of sp³-hybridized carbons (Fsp3) is 0.211. The first-order chi connectivity index (χ1) is 13.9. The highest BCUT2D eigenvalue weighted by Gasteiger charge is 2.15. The Hall–Kier alpha value is -3.87. The van der Waals surface area contributed by atoms with E-state index in [0.717, 1.165) is 0 Å². The molecule has 8 nitrogen and oxygen atoms in total. The number of aromatic nitrogens is 3. The third-order valence-electron chi connectivity index (χ3n) is 3.65. The van der Waals surface area contributed by atoms with Crippen LogP contribution in [0.4, 0.5) is 26.4 Å². The minimum Gasteiger partial charge on any atom is -0.487 e. The maximum Gasteiger partial charge on any atom is 0.387 e. The number of ether oxygens (including phenoxy) is 2. The van der Waals surface area contributed by atoms with E-state index in [1.807, 2.05) is 6.07 Å². The summed E-state index contributed by atoms with van der Waals surface area (Å²) in [4.78, 5) is 4.15. The molecule has 0 aliphatic carbocycles. The molecule has 1 heterocycles. The molecule has 3 aromatic rings. The number of nitrogens with two attached hydrogens (primary N) is 1. The number of nitrogens with zero attached hydrogens (tertiary/aromatic N) is 4. The van der Waals surface area contributed by atoms with Crippen LogP contribution in [0, 0.1) is 11.3 Å². The third-order valence-corrected chi connectivity index (χ3v) is 3.65. The Labute approximate surface area is 165 Å². The molecule has 0 saturated carbocycles. The predicted molar refractivity (Wildman–Crippen MR) is 103 cm³/mol. The van der Waals surface area contributed by atoms with Gasteiger partial charge >= 0.3 is 6.61 Å². The summed E-state index contributed by atoms with van der Waals surface area (Å²) in [6.45, 7) is 0.578. The molecule has 0 unspecified atom stereocenters. The summed E-state index contributed by atoms with van der Waals surface area (Å²) in [7, 11) is 0. The highest BCUT2D eigenvalue weighted by molar-refractivity contribution is 5.60. The van der Waals surface area contributed by atoms with Crippen molar-refractivity contribution < 1.29 is 18.3 Å². The van der Waals surface area contributed by atoms with Crippen LogP contribution < -0.4 is 20.5 Å². The van der Waals surface area contributed by atoms with E-state index < -0.39 is 6.61 Å². The zero-order valence-electron chi connectivity index (χ0n) is 15.6. The average Bonchev–Trinajstić information content (AvgIpc) is 3.03. The van der Waals surface area contributed by atoms with E-state index in [1.165, 1.54) is 22.9 Å². The highest BCUT2D eigenvalue weighted by atomic mass is 19.3. The number of rotatable bonds is 7. The van der Waals surface area contributed by atoms with Crippen LogP contribution in [-0.2, 0) is 0 Å². The molecule has 0 radical (unpaired) electrons. The van der Waals surface area contributed by atoms with Gasteiger partial charge in [0.15, 0.2) is 11.5 Å². The van der Waals surface area contributed by atoms with Crippen LogP contribution in [0.1, 0.15) is 19.4 Å². The minimum atomic E-state index is -2.96. The van der Waals surface area contributed by atoms with Gasteiger partial charge < -0.3 is 20.5 Å². The molecule has 0 bridgehead atoms. The van der Waals surface area contributed by atoms with Crippen molar-refractivity contribution in [1.82, 2.24) is 14.8 Å². The van der Waals surface area contributed by atoms with E-state index in [9.17, 15) is 8.78 Å². The van der Waals surface area contributed by atoms with Gasteiger partial charge in [-0.15, -0.1) is 5.10 Å². The van der Waals surface area contributed by atoms with Gasteiger partial charge in [0.1, 0.15) is 0 Å². The normalized spacial score (nSPS) is 10.8. The maximum atomic E-state index is 12.6. The summed E-state index contributed by atoms with van der Waals surface area (Å²) < 4.78 is 36.6. The Balaban J connectivity index is 1.85. The van der Waals surface area contributed by atoms with Gasteiger partial charge in [-0.2, -0.15) is 23.7 Å². The standard InChI is InChI=1S/C19H18F2N6O2/c1-11(2)28-16-9-13(5-8-15(16)29-17(20)21)24-19-25-18(23)27(26-19)14-6-3-12(10-22)4-7-14/h3-9,11,17H,1-2H3,(H3,23,24,25,26). The van der Waals surface area contributed by atoms with Gasteiger partial charge in [0.05, 0.1) is 23.4 Å². The fourth-order valence-electron chi connectivity index (χ4n) is 2.50. The number of halogens is 2. The second-order valence-electron chi connectivity index (χ2n) is 6.20. The molecule has 0 aliphatic heterocycles. The number of nitrogens with one attached hydrogen (secondary N) is 1. The lowest BCUT2D eigenvalue weighted by atomic mass is 10.2. The smallest absolute Gasteiger partial charge is 0.387 e. The fourth-order valence-corrected chi connectivity index (χ4v) is 2.50. The molecular weight excluding hydrogens is 382 g/mol. The van der Waals surface area contributed by atoms with Crippen LogP contribution >= 0.6 is 0 Å². The summed E-state index contributed by atoms with van der Waals surface area (Å²) in [5, 5.41) is 16.1. The molecule has 1 aromatic heterocycles. The van der Waals surface area contributed by atoms with Crippen LogP contribution in [0.3, 0.4) is 0 Å². The molecule has 0 saturated heterocycles. The second kappa shape index (κ2) is 8.43. The highest BCUT2D eigenvalue weighted by Crippen LogP contribution is 2.33. The summed E-state index contributed by atoms with van der Waals surface area (Å²) in [5.41, 5.74) is 7.57. The van der Waals surface area contributed by atoms with Crippen LogP contribution in [0.2, 0.25) is 0 Å². The lowest BCUT2D eigenvalue weighted by molar-refractivity contribution is -0.0518. The van der Waals surface area contributed by atoms with E-state index in [1.54, 1.807) is 38.1 Å². The van der Waals surface area contributed by atoms with E-state index in [2.05, 4.69) is 20.1 Å². The third kappa shape index (κ3) is 4.90. The number of hydrogen-bond donors (Lipinski definition) is 2. The van der Waals surface area contributed by atoms with Crippen molar-refractivity contribution >= 4 is 17.6 Å². The van der Waals surface area contributed by atoms with Crippen LogP contribution in [0.5, 0.6) is 11.5 Å². The first-order valence-corrected chi connectivity index (χ1v) is 8.61. The lowest BCUT2D eigenvalue weighted by Gasteiger charge is -2.15. The summed E-state index contributed by atoms with van der Waals surface area (Å²) in [6, 6.07) is 13.1. The molecule has 0 fully saturated rings. The van der Waals surface area contributed by atoms with Crippen molar-refractivity contribution in [3.05, 3.63) is 48.0 Å². The maximum absolute atomic E-state index is 12.6. The molecule has 0 aliphatic rings. The largest absolute Gasteiger partial charge is 0.487 e. The average molecular weight is 400 g/mol. The number of alkyl halides is 2. The quantitative estimate of drug-likeness (QED) is 0.619. The van der Waals surface area contributed by atoms with E-state index in [-0.39, 0.29) is 29.5 Å². The van der Waals surface area contributed by atoms with E-state index in [0.29, 0.717) is 16.9 Å². The molecule has 150 valence electrons. The zero-order valence-corrected chi connectivity index (χ0v) is 15.6. The first kappa shape index (κ1) is 19.9. The molecule has 3 N–H and O–H groups in total. The Bertz CT molecular complexity index is 1030. The van der Waals surface area contributed by atoms with Crippen molar-refractivity contribution in [1.29, 1.82) is 5.26 Å². The lowest BCUT2D eigenvalue weighted by Crippen LogP contribution is -2.09. The van der Waals surface area contributed by atoms with Crippen LogP contribution in [-0.4, -0.2) is 27.5 Å². The molecule has 0 amide bonds. The summed E-state index contributed by atoms with van der Waals surface area (Å²) >= 11 is 0. The second-order valence-corrected chi connectivity index (χ2v) is 6.20. The van der Waals surface area contributed by atoms with Crippen molar-refractivity contribution in [2.45, 2.75) is 26.6 Å². The first-order valence-electron chi connectivity index (χ1n) is 8.61. The predicted octanol–water partition coefficient (Wildman–Crippen LogP) is 3.85. The number of benzene rings is 2. The number of anilines is 3. The van der Waals surface area contributed by atoms with Gasteiger partial charge in [0.2, 0.25) is 11.9 Å². The summed E-state index contributed by atoms with van der Waals surface area (Å²) in [6.07, 6.45) is -0.241. The molecule has 29 heavy (non-hydrogen) atoms. The Kier molecular flexibility index (Phi) is 5.78. The molecular formula is C19H18F2N6O2. The number of hydrogen-bond acceptors (Lipinski definition) is 7. The van der Waals surface area contributed by atoms with Crippen molar-refractivity contribution in [2.24, 2.45) is 0 Å². The van der Waals surface area contributed by atoms with E-state index >= 15 is 0 Å². The van der Waals surface area contributed by atoms with E-state index in [4.69, 9.17) is 15.7 Å². The van der Waals surface area contributed by atoms with Gasteiger partial charge in [0.25, 0.3) is 0 Å². The Morgan fingerprint density at radius 1 is 1.10 bits per heavy atom. The van der Waals surface area contributed by atoms with Crippen LogP contribution in [0.25, 0.3) is 5.69 Å². The van der Waals surface area contributed by atoms with Gasteiger partial charge in [-0.05, 0) is 50.2 Å². The Morgan fingerprint density at radius 3 is 2.45 bits per heavy atom. The monoisotopic (exact) mass is 400 g/mol. The van der Waals surface area contributed by atoms with Gasteiger partial charge in [0, 0.05) is 11.8 Å². The van der Waals surface area contributed by atoms with Gasteiger partial charge in [-0.3, -0.25) is 0 Å². The number of nitriles is 1. The van der Waals surface area contributed by atoms with Crippen molar-refractivity contribution in [3.63, 3.8) is 0 Å². The SMILES string of the molecule is CC(C)Oc1cc(Nc2nc(N)n(-c3ccc(C#N)cc3)n2)ccc1OC(F)F. The topological polar surface area (TPSA) is 111 Å². The molecule has 2 aromatic carbocycles. The molecule has 10 heteroatoms. The molecule has 3 rings (SSSR count).